The predicted molar refractivity (Wildman–Crippen MR) is 74.3 cm³/mol. The van der Waals surface area contributed by atoms with Crippen LogP contribution in [0.2, 0.25) is 0 Å². The molecule has 1 aliphatic carbocycles. The van der Waals surface area contributed by atoms with Crippen molar-refractivity contribution in [1.82, 2.24) is 10.2 Å². The quantitative estimate of drug-likeness (QED) is 0.792. The summed E-state index contributed by atoms with van der Waals surface area (Å²) in [5.41, 5.74) is 0. The Morgan fingerprint density at radius 2 is 1.88 bits per heavy atom. The monoisotopic (exact) mass is 238 g/mol. The van der Waals surface area contributed by atoms with Crippen LogP contribution in [0.3, 0.4) is 0 Å². The summed E-state index contributed by atoms with van der Waals surface area (Å²) < 4.78 is 0. The Hall–Kier alpha value is -0.0800. The van der Waals surface area contributed by atoms with Crippen LogP contribution < -0.4 is 5.32 Å². The molecule has 17 heavy (non-hydrogen) atoms. The van der Waals surface area contributed by atoms with E-state index in [2.05, 4.69) is 24.1 Å². The zero-order valence-electron chi connectivity index (χ0n) is 11.8. The molecule has 1 saturated carbocycles. The molecular weight excluding hydrogens is 208 g/mol. The SMILES string of the molecule is CCNC(CC)CN1CCC2CCCCC2C1. The molecule has 2 fully saturated rings. The van der Waals surface area contributed by atoms with Gasteiger partial charge in [-0.1, -0.05) is 33.1 Å². The lowest BCUT2D eigenvalue weighted by Crippen LogP contribution is -2.47. The Kier molecular flexibility index (Phi) is 5.30. The normalized spacial score (nSPS) is 32.1. The minimum absolute atomic E-state index is 0.708. The lowest BCUT2D eigenvalue weighted by molar-refractivity contribution is 0.0796. The van der Waals surface area contributed by atoms with Gasteiger partial charge >= 0.3 is 0 Å². The Morgan fingerprint density at radius 3 is 2.59 bits per heavy atom. The van der Waals surface area contributed by atoms with Gasteiger partial charge in [0, 0.05) is 19.1 Å². The molecular formula is C15H30N2. The van der Waals surface area contributed by atoms with Crippen LogP contribution in [0.1, 0.15) is 52.4 Å². The number of rotatable bonds is 5. The molecule has 1 aliphatic heterocycles. The van der Waals surface area contributed by atoms with Crippen molar-refractivity contribution < 1.29 is 0 Å². The van der Waals surface area contributed by atoms with E-state index >= 15 is 0 Å². The highest BCUT2D eigenvalue weighted by Gasteiger charge is 2.31. The molecule has 0 aromatic heterocycles. The second kappa shape index (κ2) is 6.75. The van der Waals surface area contributed by atoms with Crippen molar-refractivity contribution in [2.45, 2.75) is 58.4 Å². The van der Waals surface area contributed by atoms with Gasteiger partial charge in [-0.2, -0.15) is 0 Å². The third-order valence-electron chi connectivity index (χ3n) is 4.84. The Bertz CT molecular complexity index is 215. The largest absolute Gasteiger partial charge is 0.313 e. The highest BCUT2D eigenvalue weighted by atomic mass is 15.2. The van der Waals surface area contributed by atoms with Crippen LogP contribution >= 0.6 is 0 Å². The number of fused-ring (bicyclic) bond motifs is 1. The molecule has 100 valence electrons. The number of hydrogen-bond acceptors (Lipinski definition) is 2. The first-order valence-corrected chi connectivity index (χ1v) is 7.79. The van der Waals surface area contributed by atoms with Gasteiger partial charge in [0.05, 0.1) is 0 Å². The molecule has 0 bridgehead atoms. The number of likely N-dealkylation sites (N-methyl/N-ethyl adjacent to an activating group) is 1. The fourth-order valence-electron chi connectivity index (χ4n) is 3.78. The van der Waals surface area contributed by atoms with Gasteiger partial charge < -0.3 is 10.2 Å². The zero-order chi connectivity index (χ0) is 12.1. The van der Waals surface area contributed by atoms with Gasteiger partial charge in [0.25, 0.3) is 0 Å². The summed E-state index contributed by atoms with van der Waals surface area (Å²) in [7, 11) is 0. The van der Waals surface area contributed by atoms with Crippen LogP contribution in [0.5, 0.6) is 0 Å². The second-order valence-corrected chi connectivity index (χ2v) is 6.02. The molecule has 2 rings (SSSR count). The topological polar surface area (TPSA) is 15.3 Å². The summed E-state index contributed by atoms with van der Waals surface area (Å²) in [6.45, 7) is 9.64. The number of likely N-dealkylation sites (tertiary alicyclic amines) is 1. The smallest absolute Gasteiger partial charge is 0.0192 e. The average molecular weight is 238 g/mol. The summed E-state index contributed by atoms with van der Waals surface area (Å²) >= 11 is 0. The standard InChI is InChI=1S/C15H30N2/c1-3-15(16-4-2)12-17-10-9-13-7-5-6-8-14(13)11-17/h13-16H,3-12H2,1-2H3. The van der Waals surface area contributed by atoms with Crippen LogP contribution in [0.25, 0.3) is 0 Å². The van der Waals surface area contributed by atoms with E-state index < -0.39 is 0 Å². The molecule has 0 aromatic carbocycles. The number of piperidine rings is 1. The lowest BCUT2D eigenvalue weighted by Gasteiger charge is -2.42. The molecule has 0 radical (unpaired) electrons. The second-order valence-electron chi connectivity index (χ2n) is 6.02. The maximum absolute atomic E-state index is 3.61. The third kappa shape index (κ3) is 3.69. The van der Waals surface area contributed by atoms with E-state index in [1.807, 2.05) is 0 Å². The van der Waals surface area contributed by atoms with Crippen molar-refractivity contribution >= 4 is 0 Å². The van der Waals surface area contributed by atoms with Crippen molar-refractivity contribution in [2.75, 3.05) is 26.2 Å². The fourth-order valence-corrected chi connectivity index (χ4v) is 3.78. The minimum Gasteiger partial charge on any atom is -0.313 e. The summed E-state index contributed by atoms with van der Waals surface area (Å²) in [6.07, 6.45) is 8.73. The van der Waals surface area contributed by atoms with Crippen molar-refractivity contribution in [2.24, 2.45) is 11.8 Å². The Morgan fingerprint density at radius 1 is 1.12 bits per heavy atom. The van der Waals surface area contributed by atoms with Gasteiger partial charge in [-0.25, -0.2) is 0 Å². The van der Waals surface area contributed by atoms with Crippen molar-refractivity contribution in [3.63, 3.8) is 0 Å². The van der Waals surface area contributed by atoms with Crippen LogP contribution in [-0.2, 0) is 0 Å². The van der Waals surface area contributed by atoms with E-state index in [1.165, 1.54) is 58.2 Å². The van der Waals surface area contributed by atoms with Gasteiger partial charge in [0.15, 0.2) is 0 Å². The Labute approximate surface area is 107 Å². The van der Waals surface area contributed by atoms with Crippen LogP contribution in [0, 0.1) is 11.8 Å². The fraction of sp³-hybridized carbons (Fsp3) is 1.00. The van der Waals surface area contributed by atoms with Crippen LogP contribution in [-0.4, -0.2) is 37.1 Å². The van der Waals surface area contributed by atoms with Crippen molar-refractivity contribution in [1.29, 1.82) is 0 Å². The zero-order valence-corrected chi connectivity index (χ0v) is 11.8. The van der Waals surface area contributed by atoms with E-state index in [4.69, 9.17) is 0 Å². The highest BCUT2D eigenvalue weighted by Crippen LogP contribution is 2.35. The number of hydrogen-bond donors (Lipinski definition) is 1. The molecule has 3 unspecified atom stereocenters. The lowest BCUT2D eigenvalue weighted by atomic mass is 9.75. The van der Waals surface area contributed by atoms with E-state index in [1.54, 1.807) is 0 Å². The van der Waals surface area contributed by atoms with E-state index in [9.17, 15) is 0 Å². The first-order chi connectivity index (χ1) is 8.33. The molecule has 1 N–H and O–H groups in total. The predicted octanol–water partition coefficient (Wildman–Crippen LogP) is 2.89. The molecule has 0 amide bonds. The Balaban J connectivity index is 1.78. The van der Waals surface area contributed by atoms with Gasteiger partial charge in [-0.3, -0.25) is 0 Å². The van der Waals surface area contributed by atoms with Gasteiger partial charge in [0.2, 0.25) is 0 Å². The minimum atomic E-state index is 0.708. The summed E-state index contributed by atoms with van der Waals surface area (Å²) in [5, 5.41) is 3.61. The average Bonchev–Trinajstić information content (AvgIpc) is 2.38. The molecule has 0 spiro atoms. The van der Waals surface area contributed by atoms with Crippen molar-refractivity contribution in [3.05, 3.63) is 0 Å². The molecule has 2 heteroatoms. The van der Waals surface area contributed by atoms with E-state index in [0.29, 0.717) is 6.04 Å². The third-order valence-corrected chi connectivity index (χ3v) is 4.84. The van der Waals surface area contributed by atoms with Crippen LogP contribution in [0.15, 0.2) is 0 Å². The van der Waals surface area contributed by atoms with Gasteiger partial charge in [0.1, 0.15) is 0 Å². The first kappa shape index (κ1) is 13.4. The van der Waals surface area contributed by atoms with Gasteiger partial charge in [-0.15, -0.1) is 0 Å². The molecule has 3 atom stereocenters. The number of nitrogens with one attached hydrogen (secondary N) is 1. The molecule has 2 nitrogen and oxygen atoms in total. The van der Waals surface area contributed by atoms with Crippen LogP contribution in [0.4, 0.5) is 0 Å². The molecule has 0 aromatic rings. The van der Waals surface area contributed by atoms with Gasteiger partial charge in [-0.05, 0) is 44.2 Å². The maximum Gasteiger partial charge on any atom is 0.0192 e. The maximum atomic E-state index is 3.61. The highest BCUT2D eigenvalue weighted by molar-refractivity contribution is 4.85. The molecule has 2 aliphatic rings. The summed E-state index contributed by atoms with van der Waals surface area (Å²) in [4.78, 5) is 2.73. The molecule has 1 heterocycles. The van der Waals surface area contributed by atoms with E-state index in [0.717, 1.165) is 18.4 Å². The molecule has 1 saturated heterocycles. The number of nitrogens with zero attached hydrogens (tertiary/aromatic N) is 1. The summed E-state index contributed by atoms with van der Waals surface area (Å²) in [6, 6.07) is 0.708. The van der Waals surface area contributed by atoms with Crippen molar-refractivity contribution in [3.8, 4) is 0 Å². The first-order valence-electron chi connectivity index (χ1n) is 7.79. The summed E-state index contributed by atoms with van der Waals surface area (Å²) in [5.74, 6) is 2.09. The van der Waals surface area contributed by atoms with E-state index in [-0.39, 0.29) is 0 Å².